The molecule has 1 aromatic heterocycles. The van der Waals surface area contributed by atoms with Gasteiger partial charge in [-0.3, -0.25) is 39.0 Å². The highest BCUT2D eigenvalue weighted by atomic mass is 35.5. The highest BCUT2D eigenvalue weighted by molar-refractivity contribution is 7.99. The SMILES string of the molecule is CC1(N)CCN(c2cnc(Sc3cccc(NC(=O)CC(=O)N(F)CCNc4cccc5c4C(=O)N(C4CCC(=O)NC4=O)C5=O)c3Cl)c(F)n2)CC1. The Labute approximate surface area is 310 Å². The van der Waals surface area contributed by atoms with E-state index in [0.29, 0.717) is 23.8 Å². The van der Waals surface area contributed by atoms with E-state index in [-0.39, 0.29) is 62.6 Å². The summed E-state index contributed by atoms with van der Waals surface area (Å²) in [4.78, 5) is 86.8. The number of amides is 6. The quantitative estimate of drug-likeness (QED) is 0.126. The minimum atomic E-state index is -1.17. The summed E-state index contributed by atoms with van der Waals surface area (Å²) in [7, 11) is 0. The van der Waals surface area contributed by atoms with Crippen LogP contribution in [0.15, 0.2) is 52.5 Å². The van der Waals surface area contributed by atoms with Gasteiger partial charge in [-0.15, -0.1) is 0 Å². The number of aromatic nitrogens is 2. The van der Waals surface area contributed by atoms with Gasteiger partial charge in [-0.1, -0.05) is 40.0 Å². The maximum Gasteiger partial charge on any atom is 0.264 e. The fourth-order valence-electron chi connectivity index (χ4n) is 6.10. The molecular formula is C34H34ClF2N9O6S. The summed E-state index contributed by atoms with van der Waals surface area (Å²) in [6.45, 7) is 2.47. The summed E-state index contributed by atoms with van der Waals surface area (Å²) >= 11 is 7.39. The third-order valence-corrected chi connectivity index (χ3v) is 10.6. The number of fused-ring (bicyclic) bond motifs is 1. The molecule has 6 amide bonds. The Bertz CT molecular complexity index is 2010. The molecule has 1 unspecified atom stereocenters. The van der Waals surface area contributed by atoms with Crippen LogP contribution < -0.4 is 26.6 Å². The van der Waals surface area contributed by atoms with Crippen LogP contribution in [0.4, 0.5) is 26.1 Å². The van der Waals surface area contributed by atoms with Gasteiger partial charge in [0.15, 0.2) is 10.8 Å². The predicted octanol–water partition coefficient (Wildman–Crippen LogP) is 3.29. The van der Waals surface area contributed by atoms with Gasteiger partial charge in [-0.25, -0.2) is 4.98 Å². The molecule has 2 aromatic carbocycles. The number of halogens is 3. The van der Waals surface area contributed by atoms with E-state index in [4.69, 9.17) is 17.3 Å². The average Bonchev–Trinajstić information content (AvgIpc) is 3.36. The molecule has 6 rings (SSSR count). The molecule has 19 heteroatoms. The van der Waals surface area contributed by atoms with Crippen molar-refractivity contribution >= 4 is 76.0 Å². The second-order valence-corrected chi connectivity index (χ2v) is 14.4. The maximum absolute atomic E-state index is 15.0. The van der Waals surface area contributed by atoms with Gasteiger partial charge in [0.1, 0.15) is 12.5 Å². The molecule has 2 fully saturated rings. The standard InChI is InChI=1S/C34H34ClF2N9O6S/c1-34(38)10-13-44(14-11-34)23-17-40-31(29(36)42-23)53-22-7-3-6-20(28(22)35)41-25(48)16-26(49)45(37)15-12-39-19-5-2-4-18-27(19)33(52)46(32(18)51)21-8-9-24(47)43-30(21)50/h2-7,17,21,39H,8-16,38H2,1H3,(H,41,48)(H,43,47,50). The van der Waals surface area contributed by atoms with Crippen LogP contribution in [0.25, 0.3) is 0 Å². The molecule has 3 aliphatic heterocycles. The summed E-state index contributed by atoms with van der Waals surface area (Å²) in [5, 5.41) is 7.25. The second-order valence-electron chi connectivity index (χ2n) is 13.0. The third kappa shape index (κ3) is 8.23. The van der Waals surface area contributed by atoms with Crippen LogP contribution in [0.3, 0.4) is 0 Å². The van der Waals surface area contributed by atoms with Crippen molar-refractivity contribution in [3.05, 3.63) is 64.7 Å². The minimum Gasteiger partial charge on any atom is -0.382 e. The zero-order chi connectivity index (χ0) is 38.0. The van der Waals surface area contributed by atoms with Gasteiger partial charge in [-0.2, -0.15) is 14.5 Å². The van der Waals surface area contributed by atoms with Gasteiger partial charge in [-0.05, 0) is 50.5 Å². The number of piperidine rings is 2. The second kappa shape index (κ2) is 15.4. The Morgan fingerprint density at radius 3 is 2.55 bits per heavy atom. The fraction of sp³-hybridized carbons (Fsp3) is 0.353. The summed E-state index contributed by atoms with van der Waals surface area (Å²) in [6, 6.07) is 7.84. The Morgan fingerprint density at radius 1 is 1.11 bits per heavy atom. The van der Waals surface area contributed by atoms with Gasteiger partial charge in [0.05, 0.1) is 34.6 Å². The number of nitrogens with zero attached hydrogens (tertiary/aromatic N) is 5. The van der Waals surface area contributed by atoms with Crippen LogP contribution in [0, 0.1) is 5.95 Å². The van der Waals surface area contributed by atoms with Crippen molar-refractivity contribution in [1.29, 1.82) is 0 Å². The molecular weight excluding hydrogens is 736 g/mol. The summed E-state index contributed by atoms with van der Waals surface area (Å²) < 4.78 is 29.8. The van der Waals surface area contributed by atoms with Crippen LogP contribution >= 0.6 is 23.4 Å². The number of imide groups is 2. The molecule has 0 bridgehead atoms. The van der Waals surface area contributed by atoms with Crippen LogP contribution in [0.2, 0.25) is 5.02 Å². The topological polar surface area (TPSA) is 200 Å². The molecule has 4 heterocycles. The van der Waals surface area contributed by atoms with Crippen molar-refractivity contribution in [2.75, 3.05) is 41.7 Å². The first kappa shape index (κ1) is 37.6. The van der Waals surface area contributed by atoms with E-state index in [2.05, 4.69) is 25.9 Å². The molecule has 53 heavy (non-hydrogen) atoms. The lowest BCUT2D eigenvalue weighted by atomic mass is 9.91. The lowest BCUT2D eigenvalue weighted by Crippen LogP contribution is -2.54. The lowest BCUT2D eigenvalue weighted by Gasteiger charge is -2.37. The van der Waals surface area contributed by atoms with E-state index >= 15 is 0 Å². The number of carbonyl (C=O) groups is 6. The van der Waals surface area contributed by atoms with Crippen molar-refractivity contribution in [1.82, 2.24) is 25.3 Å². The number of hydrogen-bond donors (Lipinski definition) is 4. The molecule has 15 nitrogen and oxygen atoms in total. The van der Waals surface area contributed by atoms with Crippen molar-refractivity contribution < 1.29 is 37.6 Å². The van der Waals surface area contributed by atoms with Crippen LogP contribution in [-0.2, 0) is 19.2 Å². The number of nitrogens with one attached hydrogen (secondary N) is 3. The average molecular weight is 770 g/mol. The molecule has 5 N–H and O–H groups in total. The molecule has 0 aliphatic carbocycles. The first-order chi connectivity index (χ1) is 25.2. The minimum absolute atomic E-state index is 0.0131. The first-order valence-electron chi connectivity index (χ1n) is 16.6. The fourth-order valence-corrected chi connectivity index (χ4v) is 7.18. The molecule has 3 aliphatic rings. The van der Waals surface area contributed by atoms with Crippen LogP contribution in [0.1, 0.15) is 59.7 Å². The Kier molecular flexibility index (Phi) is 10.9. The van der Waals surface area contributed by atoms with Crippen molar-refractivity contribution in [3.63, 3.8) is 0 Å². The third-order valence-electron chi connectivity index (χ3n) is 9.03. The summed E-state index contributed by atoms with van der Waals surface area (Å²) in [6.07, 6.45) is 2.00. The van der Waals surface area contributed by atoms with Gasteiger partial charge in [0.2, 0.25) is 23.7 Å². The molecule has 1 atom stereocenters. The molecule has 2 saturated heterocycles. The number of hydrogen-bond acceptors (Lipinski definition) is 12. The van der Waals surface area contributed by atoms with Gasteiger partial charge < -0.3 is 21.3 Å². The Balaban J connectivity index is 1.01. The van der Waals surface area contributed by atoms with Gasteiger partial charge in [0.25, 0.3) is 17.7 Å². The summed E-state index contributed by atoms with van der Waals surface area (Å²) in [5.41, 5.74) is 6.18. The van der Waals surface area contributed by atoms with E-state index in [0.717, 1.165) is 29.5 Å². The van der Waals surface area contributed by atoms with Crippen LogP contribution in [0.5, 0.6) is 0 Å². The van der Waals surface area contributed by atoms with Crippen molar-refractivity contribution in [3.8, 4) is 0 Å². The zero-order valence-corrected chi connectivity index (χ0v) is 29.9. The smallest absolute Gasteiger partial charge is 0.264 e. The Morgan fingerprint density at radius 2 is 1.83 bits per heavy atom. The zero-order valence-electron chi connectivity index (χ0n) is 28.3. The highest BCUT2D eigenvalue weighted by Crippen LogP contribution is 2.38. The van der Waals surface area contributed by atoms with E-state index in [1.54, 1.807) is 12.1 Å². The van der Waals surface area contributed by atoms with E-state index in [1.807, 2.05) is 11.8 Å². The largest absolute Gasteiger partial charge is 0.382 e. The Hall–Kier alpha value is -5.20. The van der Waals surface area contributed by atoms with E-state index < -0.39 is 60.4 Å². The molecule has 0 radical (unpaired) electrons. The highest BCUT2D eigenvalue weighted by Gasteiger charge is 2.45. The molecule has 0 saturated carbocycles. The number of nitrogens with two attached hydrogens (primary N) is 1. The van der Waals surface area contributed by atoms with Gasteiger partial charge in [0, 0.05) is 42.2 Å². The number of carbonyl (C=O) groups excluding carboxylic acids is 6. The van der Waals surface area contributed by atoms with Crippen molar-refractivity contribution in [2.45, 2.75) is 60.5 Å². The monoisotopic (exact) mass is 769 g/mol. The van der Waals surface area contributed by atoms with Crippen molar-refractivity contribution in [2.24, 2.45) is 5.73 Å². The van der Waals surface area contributed by atoms with E-state index in [1.165, 1.54) is 30.5 Å². The molecule has 0 spiro atoms. The number of benzene rings is 2. The van der Waals surface area contributed by atoms with E-state index in [9.17, 15) is 37.6 Å². The first-order valence-corrected chi connectivity index (χ1v) is 17.8. The lowest BCUT2D eigenvalue weighted by molar-refractivity contribution is -0.147. The molecule has 278 valence electrons. The summed E-state index contributed by atoms with van der Waals surface area (Å²) in [5.74, 6) is -5.14. The predicted molar refractivity (Wildman–Crippen MR) is 189 cm³/mol. The maximum atomic E-state index is 15.0. The van der Waals surface area contributed by atoms with Gasteiger partial charge >= 0.3 is 0 Å². The number of anilines is 3. The van der Waals surface area contributed by atoms with Crippen LogP contribution in [-0.4, -0.2) is 93.2 Å². The molecule has 3 aromatic rings. The normalized spacial score (nSPS) is 18.1. The number of rotatable bonds is 11.